The van der Waals surface area contributed by atoms with Gasteiger partial charge in [0.1, 0.15) is 11.5 Å². The Labute approximate surface area is 137 Å². The molecular formula is C17H10F3NO4. The van der Waals surface area contributed by atoms with Crippen molar-refractivity contribution in [1.29, 1.82) is 0 Å². The lowest BCUT2D eigenvalue weighted by atomic mass is 9.91. The zero-order valence-electron chi connectivity index (χ0n) is 12.4. The molecule has 3 aromatic rings. The monoisotopic (exact) mass is 349 g/mol. The average molecular weight is 349 g/mol. The predicted octanol–water partition coefficient (Wildman–Crippen LogP) is 4.35. The van der Waals surface area contributed by atoms with Crippen LogP contribution in [0.5, 0.6) is 0 Å². The number of alkyl halides is 3. The maximum Gasteiger partial charge on any atom is 0.399 e. The predicted molar refractivity (Wildman–Crippen MR) is 84.2 cm³/mol. The summed E-state index contributed by atoms with van der Waals surface area (Å²) >= 11 is 0. The van der Waals surface area contributed by atoms with E-state index in [9.17, 15) is 18.0 Å². The van der Waals surface area contributed by atoms with Crippen molar-refractivity contribution in [3.05, 3.63) is 64.3 Å². The van der Waals surface area contributed by atoms with Crippen molar-refractivity contribution in [2.45, 2.75) is 12.1 Å². The largest absolute Gasteiger partial charge is 0.422 e. The third-order valence-electron chi connectivity index (χ3n) is 4.17. The molecule has 1 aromatic heterocycles. The van der Waals surface area contributed by atoms with Crippen LogP contribution in [0.15, 0.2) is 57.6 Å². The summed E-state index contributed by atoms with van der Waals surface area (Å²) in [5.41, 5.74) is -1.05. The molecule has 0 spiro atoms. The van der Waals surface area contributed by atoms with Gasteiger partial charge in [-0.2, -0.15) is 13.2 Å². The van der Waals surface area contributed by atoms with Gasteiger partial charge in [0.05, 0.1) is 5.39 Å². The lowest BCUT2D eigenvalue weighted by Gasteiger charge is -2.26. The van der Waals surface area contributed by atoms with E-state index in [2.05, 4.69) is 10.2 Å². The van der Waals surface area contributed by atoms with Crippen LogP contribution in [-0.4, -0.2) is 11.4 Å². The number of anilines is 1. The number of hydrogen-bond acceptors (Lipinski definition) is 5. The molecule has 4 rings (SSSR count). The minimum Gasteiger partial charge on any atom is -0.422 e. The normalized spacial score (nSPS) is 17.1. The second-order valence-electron chi connectivity index (χ2n) is 5.61. The van der Waals surface area contributed by atoms with Gasteiger partial charge in [0.25, 0.3) is 0 Å². The zero-order valence-corrected chi connectivity index (χ0v) is 12.4. The molecule has 0 saturated heterocycles. The lowest BCUT2D eigenvalue weighted by molar-refractivity contribution is -0.203. The van der Waals surface area contributed by atoms with Crippen LogP contribution in [0.25, 0.3) is 21.7 Å². The molecule has 1 aliphatic rings. The highest BCUT2D eigenvalue weighted by Gasteiger charge is 2.44. The summed E-state index contributed by atoms with van der Waals surface area (Å²) in [6.45, 7) is 0. The van der Waals surface area contributed by atoms with E-state index in [1.807, 2.05) is 0 Å². The van der Waals surface area contributed by atoms with Crippen LogP contribution < -0.4 is 10.9 Å². The molecule has 0 bridgehead atoms. The molecule has 0 aliphatic carbocycles. The van der Waals surface area contributed by atoms with Crippen LogP contribution in [-0.2, 0) is 4.89 Å². The molecule has 128 valence electrons. The topological polar surface area (TPSA) is 71.7 Å². The average Bonchev–Trinajstić information content (AvgIpc) is 2.60. The third-order valence-corrected chi connectivity index (χ3v) is 4.17. The Hall–Kier alpha value is -3.00. The summed E-state index contributed by atoms with van der Waals surface area (Å²) in [6, 6.07) is 9.53. The Morgan fingerprint density at radius 3 is 2.48 bits per heavy atom. The number of halogens is 3. The van der Waals surface area contributed by atoms with Crippen molar-refractivity contribution < 1.29 is 27.7 Å². The van der Waals surface area contributed by atoms with Gasteiger partial charge in [-0.3, -0.25) is 0 Å². The van der Waals surface area contributed by atoms with Gasteiger partial charge in [-0.1, -0.05) is 18.2 Å². The molecular weight excluding hydrogens is 339 g/mol. The quantitative estimate of drug-likeness (QED) is 0.296. The minimum absolute atomic E-state index is 0.0415. The second kappa shape index (κ2) is 5.25. The van der Waals surface area contributed by atoms with E-state index in [1.165, 1.54) is 6.07 Å². The summed E-state index contributed by atoms with van der Waals surface area (Å²) in [5.74, 6) is -2.55. The first kappa shape index (κ1) is 15.5. The van der Waals surface area contributed by atoms with Crippen molar-refractivity contribution in [1.82, 2.24) is 0 Å². The lowest BCUT2D eigenvalue weighted by Crippen LogP contribution is -2.25. The molecule has 1 unspecified atom stereocenters. The van der Waals surface area contributed by atoms with E-state index in [-0.39, 0.29) is 22.2 Å². The molecule has 0 saturated carbocycles. The summed E-state index contributed by atoms with van der Waals surface area (Å²) in [4.78, 5) is 16.1. The first-order chi connectivity index (χ1) is 11.9. The molecule has 0 amide bonds. The van der Waals surface area contributed by atoms with E-state index in [4.69, 9.17) is 9.67 Å². The third kappa shape index (κ3) is 2.33. The van der Waals surface area contributed by atoms with Crippen LogP contribution in [0.2, 0.25) is 0 Å². The molecule has 0 fully saturated rings. The van der Waals surface area contributed by atoms with E-state index >= 15 is 0 Å². The molecule has 1 atom stereocenters. The minimum atomic E-state index is -4.67. The van der Waals surface area contributed by atoms with Crippen LogP contribution in [0.4, 0.5) is 18.9 Å². The van der Waals surface area contributed by atoms with Crippen molar-refractivity contribution in [2.24, 2.45) is 0 Å². The number of allylic oxidation sites excluding steroid dienone is 1. The van der Waals surface area contributed by atoms with Crippen LogP contribution in [0.3, 0.4) is 0 Å². The number of fused-ring (bicyclic) bond motifs is 5. The Bertz CT molecular complexity index is 1080. The molecule has 2 aromatic carbocycles. The Kier molecular flexibility index (Phi) is 3.26. The van der Waals surface area contributed by atoms with E-state index in [0.717, 1.165) is 0 Å². The number of rotatable bonds is 1. The van der Waals surface area contributed by atoms with Crippen molar-refractivity contribution in [2.75, 3.05) is 5.32 Å². The maximum atomic E-state index is 13.5. The first-order valence-electron chi connectivity index (χ1n) is 7.25. The van der Waals surface area contributed by atoms with E-state index in [0.29, 0.717) is 16.8 Å². The molecule has 5 nitrogen and oxygen atoms in total. The van der Waals surface area contributed by atoms with Gasteiger partial charge >= 0.3 is 11.8 Å². The van der Waals surface area contributed by atoms with Gasteiger partial charge in [0, 0.05) is 16.6 Å². The molecule has 25 heavy (non-hydrogen) atoms. The molecule has 8 heteroatoms. The fourth-order valence-electron chi connectivity index (χ4n) is 3.10. The molecule has 2 N–H and O–H groups in total. The molecule has 0 radical (unpaired) electrons. The molecule has 1 aliphatic heterocycles. The maximum absolute atomic E-state index is 13.5. The van der Waals surface area contributed by atoms with Gasteiger partial charge in [-0.25, -0.2) is 10.1 Å². The van der Waals surface area contributed by atoms with Crippen LogP contribution in [0.1, 0.15) is 11.5 Å². The van der Waals surface area contributed by atoms with Gasteiger partial charge < -0.3 is 14.6 Å². The highest BCUT2D eigenvalue weighted by atomic mass is 19.4. The standard InChI is InChI=1S/C17H10F3NO4/c18-17(19,20)11-7-13(25-23)21-12-6-5-9-8-3-1-2-4-10(8)16(22)24-15(9)14(11)12/h1-7,11,21,23H. The van der Waals surface area contributed by atoms with Crippen LogP contribution in [0, 0.1) is 0 Å². The number of hydrogen-bond donors (Lipinski definition) is 2. The Morgan fingerprint density at radius 2 is 1.80 bits per heavy atom. The summed E-state index contributed by atoms with van der Waals surface area (Å²) < 4.78 is 45.9. The van der Waals surface area contributed by atoms with Gasteiger partial charge in [0.15, 0.2) is 0 Å². The fourth-order valence-corrected chi connectivity index (χ4v) is 3.10. The second-order valence-corrected chi connectivity index (χ2v) is 5.61. The first-order valence-corrected chi connectivity index (χ1v) is 7.25. The summed E-state index contributed by atoms with van der Waals surface area (Å²) in [7, 11) is 0. The summed E-state index contributed by atoms with van der Waals surface area (Å²) in [6.07, 6.45) is -3.98. The Balaban J connectivity index is 2.12. The smallest absolute Gasteiger partial charge is 0.399 e. The highest BCUT2D eigenvalue weighted by molar-refractivity contribution is 6.06. The number of nitrogens with one attached hydrogen (secondary N) is 1. The SMILES string of the molecule is O=c1oc2c3c(ccc2c2ccccc12)NC(OO)=CC3C(F)(F)F. The summed E-state index contributed by atoms with van der Waals surface area (Å²) in [5, 5.41) is 12.5. The van der Waals surface area contributed by atoms with Gasteiger partial charge in [-0.05, 0) is 29.7 Å². The van der Waals surface area contributed by atoms with E-state index in [1.54, 1.807) is 30.3 Å². The van der Waals surface area contributed by atoms with Crippen molar-refractivity contribution in [3.63, 3.8) is 0 Å². The van der Waals surface area contributed by atoms with Crippen LogP contribution >= 0.6 is 0 Å². The van der Waals surface area contributed by atoms with Crippen molar-refractivity contribution >= 4 is 27.4 Å². The van der Waals surface area contributed by atoms with Crippen molar-refractivity contribution in [3.8, 4) is 0 Å². The Morgan fingerprint density at radius 1 is 1.08 bits per heavy atom. The van der Waals surface area contributed by atoms with Gasteiger partial charge in [0.2, 0.25) is 5.88 Å². The number of benzene rings is 2. The van der Waals surface area contributed by atoms with Gasteiger partial charge in [-0.15, -0.1) is 0 Å². The van der Waals surface area contributed by atoms with E-state index < -0.39 is 23.6 Å². The zero-order chi connectivity index (χ0) is 17.8. The fraction of sp³-hybridized carbons (Fsp3) is 0.118. The molecule has 2 heterocycles. The highest BCUT2D eigenvalue weighted by Crippen LogP contribution is 2.46.